The van der Waals surface area contributed by atoms with E-state index in [0.29, 0.717) is 22.2 Å². The highest BCUT2D eigenvalue weighted by molar-refractivity contribution is 6.30. The zero-order valence-corrected chi connectivity index (χ0v) is 12.3. The van der Waals surface area contributed by atoms with E-state index >= 15 is 0 Å². The van der Waals surface area contributed by atoms with Crippen LogP contribution < -0.4 is 10.3 Å². The fraction of sp³-hybridized carbons (Fsp3) is 0.133. The summed E-state index contributed by atoms with van der Waals surface area (Å²) in [6.45, 7) is 0.229. The van der Waals surface area contributed by atoms with Crippen LogP contribution in [-0.2, 0) is 6.54 Å². The first-order valence-electron chi connectivity index (χ1n) is 6.41. The highest BCUT2D eigenvalue weighted by atomic mass is 35.5. The topological polar surface area (TPSA) is 57.0 Å². The van der Waals surface area contributed by atoms with E-state index in [-0.39, 0.29) is 17.1 Å². The van der Waals surface area contributed by atoms with E-state index in [4.69, 9.17) is 16.3 Å². The molecule has 5 nitrogen and oxygen atoms in total. The number of aromatic nitrogens is 3. The van der Waals surface area contributed by atoms with Crippen LogP contribution in [0, 0.1) is 5.82 Å². The summed E-state index contributed by atoms with van der Waals surface area (Å²) in [5.74, 6) is -0.136. The fourth-order valence-corrected chi connectivity index (χ4v) is 2.38. The maximum Gasteiger partial charge on any atom is 0.265 e. The standard InChI is InChI=1S/C15H11ClFN3O2/c1-22-13-6-18-5-12-14(13)15(21)20(8-19-12)7-9-2-3-11(17)10(16)4-9/h2-6,8H,7H2,1H3. The van der Waals surface area contributed by atoms with Crippen molar-refractivity contribution in [3.8, 4) is 5.75 Å². The van der Waals surface area contributed by atoms with Crippen molar-refractivity contribution >= 4 is 22.5 Å². The molecule has 0 spiro atoms. The normalized spacial score (nSPS) is 10.9. The molecular formula is C15H11ClFN3O2. The molecule has 0 N–H and O–H groups in total. The Morgan fingerprint density at radius 1 is 1.36 bits per heavy atom. The van der Waals surface area contributed by atoms with Gasteiger partial charge in [-0.3, -0.25) is 14.3 Å². The Balaban J connectivity index is 2.10. The summed E-state index contributed by atoms with van der Waals surface area (Å²) in [6.07, 6.45) is 4.38. The van der Waals surface area contributed by atoms with Gasteiger partial charge in [0.15, 0.2) is 5.75 Å². The predicted molar refractivity (Wildman–Crippen MR) is 80.9 cm³/mol. The SMILES string of the molecule is COc1cncc2ncn(Cc3ccc(F)c(Cl)c3)c(=O)c12. The number of hydrogen-bond donors (Lipinski definition) is 0. The number of methoxy groups -OCH3 is 1. The molecule has 0 fully saturated rings. The van der Waals surface area contributed by atoms with Crippen molar-refractivity contribution in [1.29, 1.82) is 0 Å². The third-order valence-corrected chi connectivity index (χ3v) is 3.55. The van der Waals surface area contributed by atoms with E-state index in [9.17, 15) is 9.18 Å². The summed E-state index contributed by atoms with van der Waals surface area (Å²) >= 11 is 5.76. The van der Waals surface area contributed by atoms with E-state index in [2.05, 4.69) is 9.97 Å². The quantitative estimate of drug-likeness (QED) is 0.744. The smallest absolute Gasteiger partial charge is 0.265 e. The molecule has 0 unspecified atom stereocenters. The zero-order chi connectivity index (χ0) is 15.7. The van der Waals surface area contributed by atoms with Gasteiger partial charge in [0.05, 0.1) is 42.9 Å². The van der Waals surface area contributed by atoms with E-state index in [1.165, 1.54) is 42.5 Å². The third-order valence-electron chi connectivity index (χ3n) is 3.26. The Morgan fingerprint density at radius 3 is 2.91 bits per heavy atom. The molecule has 22 heavy (non-hydrogen) atoms. The number of hydrogen-bond acceptors (Lipinski definition) is 4. The van der Waals surface area contributed by atoms with Crippen LogP contribution in [0.1, 0.15) is 5.56 Å². The zero-order valence-electron chi connectivity index (χ0n) is 11.6. The molecule has 0 aliphatic rings. The minimum absolute atomic E-state index is 0.0149. The Morgan fingerprint density at radius 2 is 2.18 bits per heavy atom. The monoisotopic (exact) mass is 319 g/mol. The molecule has 7 heteroatoms. The van der Waals surface area contributed by atoms with Crippen molar-refractivity contribution in [3.05, 3.63) is 63.7 Å². The van der Waals surface area contributed by atoms with Gasteiger partial charge in [0.2, 0.25) is 0 Å². The molecule has 3 rings (SSSR count). The van der Waals surface area contributed by atoms with E-state index in [1.54, 1.807) is 6.07 Å². The van der Waals surface area contributed by atoms with Gasteiger partial charge in [-0.25, -0.2) is 9.37 Å². The van der Waals surface area contributed by atoms with Crippen LogP contribution >= 0.6 is 11.6 Å². The van der Waals surface area contributed by atoms with E-state index < -0.39 is 5.82 Å². The van der Waals surface area contributed by atoms with Crippen LogP contribution in [0.3, 0.4) is 0 Å². The molecule has 0 atom stereocenters. The highest BCUT2D eigenvalue weighted by Gasteiger charge is 2.11. The number of ether oxygens (including phenoxy) is 1. The van der Waals surface area contributed by atoms with Gasteiger partial charge >= 0.3 is 0 Å². The largest absolute Gasteiger partial charge is 0.494 e. The Kier molecular flexibility index (Phi) is 3.77. The number of rotatable bonds is 3. The molecule has 3 aromatic rings. The molecule has 0 radical (unpaired) electrons. The first-order chi connectivity index (χ1) is 10.6. The summed E-state index contributed by atoms with van der Waals surface area (Å²) in [6, 6.07) is 4.32. The predicted octanol–water partition coefficient (Wildman–Crippen LogP) is 2.64. The van der Waals surface area contributed by atoms with E-state index in [1.807, 2.05) is 0 Å². The maximum atomic E-state index is 13.2. The lowest BCUT2D eigenvalue weighted by atomic mass is 10.2. The van der Waals surface area contributed by atoms with Crippen molar-refractivity contribution in [2.24, 2.45) is 0 Å². The lowest BCUT2D eigenvalue weighted by molar-refractivity contribution is 0.417. The van der Waals surface area contributed by atoms with Crippen LogP contribution in [0.25, 0.3) is 10.9 Å². The van der Waals surface area contributed by atoms with Crippen LogP contribution in [0.2, 0.25) is 5.02 Å². The Labute approximate surface area is 130 Å². The minimum Gasteiger partial charge on any atom is -0.494 e. The van der Waals surface area contributed by atoms with Crippen LogP contribution in [-0.4, -0.2) is 21.6 Å². The van der Waals surface area contributed by atoms with Gasteiger partial charge in [0, 0.05) is 0 Å². The van der Waals surface area contributed by atoms with Crippen molar-refractivity contribution in [2.75, 3.05) is 7.11 Å². The van der Waals surface area contributed by atoms with Gasteiger partial charge in [0.1, 0.15) is 11.2 Å². The summed E-state index contributed by atoms with van der Waals surface area (Å²) in [4.78, 5) is 20.7. The molecule has 0 amide bonds. The molecule has 0 saturated heterocycles. The van der Waals surface area contributed by atoms with Crippen LogP contribution in [0.15, 0.2) is 41.7 Å². The lowest BCUT2D eigenvalue weighted by Gasteiger charge is -2.09. The highest BCUT2D eigenvalue weighted by Crippen LogP contribution is 2.19. The third kappa shape index (κ3) is 2.53. The summed E-state index contributed by atoms with van der Waals surface area (Å²) in [5.41, 5.74) is 0.894. The molecule has 112 valence electrons. The van der Waals surface area contributed by atoms with Crippen LogP contribution in [0.4, 0.5) is 4.39 Å². The van der Waals surface area contributed by atoms with Gasteiger partial charge in [-0.1, -0.05) is 17.7 Å². The minimum atomic E-state index is -0.498. The fourth-order valence-electron chi connectivity index (χ4n) is 2.17. The summed E-state index contributed by atoms with van der Waals surface area (Å²) in [5, 5.41) is 0.370. The second-order valence-corrected chi connectivity index (χ2v) is 5.07. The summed E-state index contributed by atoms with van der Waals surface area (Å²) < 4.78 is 19.8. The molecule has 2 heterocycles. The first-order valence-corrected chi connectivity index (χ1v) is 6.79. The molecular weight excluding hydrogens is 309 g/mol. The molecule has 1 aromatic carbocycles. The average molecular weight is 320 g/mol. The maximum absolute atomic E-state index is 13.2. The number of fused-ring (bicyclic) bond motifs is 1. The number of halogens is 2. The van der Waals surface area contributed by atoms with Gasteiger partial charge in [-0.05, 0) is 17.7 Å². The van der Waals surface area contributed by atoms with Crippen molar-refractivity contribution in [3.63, 3.8) is 0 Å². The Bertz CT molecular complexity index is 911. The Hall–Kier alpha value is -2.47. The van der Waals surface area contributed by atoms with E-state index in [0.717, 1.165) is 0 Å². The van der Waals surface area contributed by atoms with Crippen molar-refractivity contribution in [1.82, 2.24) is 14.5 Å². The molecule has 2 aromatic heterocycles. The van der Waals surface area contributed by atoms with Gasteiger partial charge < -0.3 is 4.74 Å². The van der Waals surface area contributed by atoms with Crippen molar-refractivity contribution in [2.45, 2.75) is 6.54 Å². The first kappa shape index (κ1) is 14.5. The average Bonchev–Trinajstić information content (AvgIpc) is 2.53. The van der Waals surface area contributed by atoms with Gasteiger partial charge in [-0.2, -0.15) is 0 Å². The number of pyridine rings is 1. The second kappa shape index (κ2) is 5.73. The second-order valence-electron chi connectivity index (χ2n) is 4.66. The van der Waals surface area contributed by atoms with Gasteiger partial charge in [0.25, 0.3) is 5.56 Å². The van der Waals surface area contributed by atoms with Gasteiger partial charge in [-0.15, -0.1) is 0 Å². The number of nitrogens with zero attached hydrogens (tertiary/aromatic N) is 3. The molecule has 0 bridgehead atoms. The van der Waals surface area contributed by atoms with Crippen LogP contribution in [0.5, 0.6) is 5.75 Å². The molecule has 0 aliphatic heterocycles. The number of benzene rings is 1. The molecule has 0 aliphatic carbocycles. The summed E-state index contributed by atoms with van der Waals surface area (Å²) in [7, 11) is 1.47. The van der Waals surface area contributed by atoms with Crippen molar-refractivity contribution < 1.29 is 9.13 Å². The molecule has 0 saturated carbocycles. The lowest BCUT2D eigenvalue weighted by Crippen LogP contribution is -2.21.